The van der Waals surface area contributed by atoms with Crippen molar-refractivity contribution in [3.8, 4) is 22.8 Å². The summed E-state index contributed by atoms with van der Waals surface area (Å²) in [5, 5.41) is 6.81. The van der Waals surface area contributed by atoms with Crippen molar-refractivity contribution in [1.82, 2.24) is 10.5 Å². The summed E-state index contributed by atoms with van der Waals surface area (Å²) in [6, 6.07) is 17.2. The van der Waals surface area contributed by atoms with Crippen molar-refractivity contribution >= 4 is 11.6 Å². The number of ether oxygens (including phenoxy) is 2. The van der Waals surface area contributed by atoms with Crippen molar-refractivity contribution in [2.45, 2.75) is 13.3 Å². The molecule has 158 valence electrons. The number of hydrogen-bond acceptors (Lipinski definition) is 6. The van der Waals surface area contributed by atoms with Crippen molar-refractivity contribution in [1.29, 1.82) is 0 Å². The Morgan fingerprint density at radius 1 is 1.10 bits per heavy atom. The molecule has 0 bridgehead atoms. The molecule has 0 aliphatic carbocycles. The number of carbonyl (C=O) groups is 1. The van der Waals surface area contributed by atoms with E-state index in [0.29, 0.717) is 29.4 Å². The fourth-order valence-corrected chi connectivity index (χ4v) is 3.19. The van der Waals surface area contributed by atoms with Crippen LogP contribution in [0.15, 0.2) is 59.1 Å². The second-order valence-corrected chi connectivity index (χ2v) is 6.67. The predicted octanol–water partition coefficient (Wildman–Crippen LogP) is 4.01. The summed E-state index contributed by atoms with van der Waals surface area (Å²) >= 11 is 0. The summed E-state index contributed by atoms with van der Waals surface area (Å²) < 4.78 is 16.0. The molecule has 7 nitrogen and oxygen atoms in total. The fourth-order valence-electron chi connectivity index (χ4n) is 3.19. The number of aromatic nitrogens is 1. The molecule has 0 saturated heterocycles. The number of carbonyl (C=O) groups excluding carboxylic acids is 1. The highest BCUT2D eigenvalue weighted by molar-refractivity contribution is 5.93. The minimum Gasteiger partial charge on any atom is -0.497 e. The molecular weight excluding hydrogens is 382 g/mol. The molecule has 0 aliphatic heterocycles. The van der Waals surface area contributed by atoms with Gasteiger partial charge in [-0.15, -0.1) is 0 Å². The second-order valence-electron chi connectivity index (χ2n) is 6.67. The highest BCUT2D eigenvalue weighted by Crippen LogP contribution is 2.33. The molecule has 1 amide bonds. The molecule has 0 aliphatic rings. The van der Waals surface area contributed by atoms with Gasteiger partial charge in [0.2, 0.25) is 0 Å². The average Bonchev–Trinajstić information content (AvgIpc) is 3.29. The topological polar surface area (TPSA) is 76.8 Å². The third kappa shape index (κ3) is 5.11. The molecule has 3 aromatic rings. The maximum atomic E-state index is 12.4. The predicted molar refractivity (Wildman–Crippen MR) is 116 cm³/mol. The van der Waals surface area contributed by atoms with E-state index in [-0.39, 0.29) is 11.6 Å². The zero-order valence-electron chi connectivity index (χ0n) is 17.6. The van der Waals surface area contributed by atoms with Gasteiger partial charge in [-0.1, -0.05) is 23.4 Å². The molecule has 1 N–H and O–H groups in total. The van der Waals surface area contributed by atoms with Crippen molar-refractivity contribution in [3.05, 3.63) is 60.3 Å². The van der Waals surface area contributed by atoms with Crippen molar-refractivity contribution in [3.63, 3.8) is 0 Å². The first-order chi connectivity index (χ1) is 14.7. The average molecular weight is 409 g/mol. The van der Waals surface area contributed by atoms with E-state index in [9.17, 15) is 4.79 Å². The molecule has 0 unspecified atom stereocenters. The summed E-state index contributed by atoms with van der Waals surface area (Å²) in [7, 11) is 3.16. The monoisotopic (exact) mass is 409 g/mol. The Kier molecular flexibility index (Phi) is 7.32. The van der Waals surface area contributed by atoms with Gasteiger partial charge in [0.25, 0.3) is 5.91 Å². The molecule has 0 fully saturated rings. The van der Waals surface area contributed by atoms with E-state index >= 15 is 0 Å². The van der Waals surface area contributed by atoms with Gasteiger partial charge < -0.3 is 24.2 Å². The Hall–Kier alpha value is -3.48. The van der Waals surface area contributed by atoms with Crippen LogP contribution >= 0.6 is 0 Å². The zero-order chi connectivity index (χ0) is 21.3. The molecule has 1 heterocycles. The maximum absolute atomic E-state index is 12.4. The molecular formula is C23H27N3O4. The Morgan fingerprint density at radius 2 is 1.90 bits per heavy atom. The quantitative estimate of drug-likeness (QED) is 0.510. The van der Waals surface area contributed by atoms with Crippen LogP contribution < -0.4 is 19.7 Å². The van der Waals surface area contributed by atoms with Crippen LogP contribution in [0.25, 0.3) is 11.3 Å². The van der Waals surface area contributed by atoms with Crippen molar-refractivity contribution < 1.29 is 18.8 Å². The van der Waals surface area contributed by atoms with E-state index in [1.54, 1.807) is 38.5 Å². The van der Waals surface area contributed by atoms with Crippen LogP contribution in [0.3, 0.4) is 0 Å². The van der Waals surface area contributed by atoms with E-state index in [1.165, 1.54) is 5.69 Å². The normalized spacial score (nSPS) is 10.5. The molecule has 0 radical (unpaired) electrons. The molecule has 0 atom stereocenters. The number of nitrogens with zero attached hydrogens (tertiary/aromatic N) is 2. The highest BCUT2D eigenvalue weighted by Gasteiger charge is 2.17. The van der Waals surface area contributed by atoms with E-state index in [4.69, 9.17) is 14.0 Å². The number of hydrogen-bond donors (Lipinski definition) is 1. The van der Waals surface area contributed by atoms with Gasteiger partial charge in [-0.2, -0.15) is 0 Å². The molecule has 2 aromatic carbocycles. The molecule has 0 saturated carbocycles. The fraction of sp³-hybridized carbons (Fsp3) is 0.304. The SMILES string of the molecule is CCN(CCCNC(=O)c1cc(-c2cc(OC)ccc2OC)on1)c1ccccc1. The number of rotatable bonds is 10. The molecule has 7 heteroatoms. The van der Waals surface area contributed by atoms with Crippen LogP contribution in [0, 0.1) is 0 Å². The minimum absolute atomic E-state index is 0.227. The highest BCUT2D eigenvalue weighted by atomic mass is 16.5. The van der Waals surface area contributed by atoms with Gasteiger partial charge in [-0.05, 0) is 43.7 Å². The summed E-state index contributed by atoms with van der Waals surface area (Å²) in [4.78, 5) is 14.7. The Balaban J connectivity index is 1.57. The van der Waals surface area contributed by atoms with Gasteiger partial charge in [0, 0.05) is 31.4 Å². The number of amides is 1. The van der Waals surface area contributed by atoms with E-state index < -0.39 is 0 Å². The van der Waals surface area contributed by atoms with Gasteiger partial charge in [0.1, 0.15) is 11.5 Å². The van der Waals surface area contributed by atoms with E-state index in [0.717, 1.165) is 19.5 Å². The lowest BCUT2D eigenvalue weighted by Crippen LogP contribution is -2.30. The maximum Gasteiger partial charge on any atom is 0.273 e. The van der Waals surface area contributed by atoms with Gasteiger partial charge in [-0.25, -0.2) is 0 Å². The third-order valence-electron chi connectivity index (χ3n) is 4.81. The number of anilines is 1. The first-order valence-corrected chi connectivity index (χ1v) is 9.93. The zero-order valence-corrected chi connectivity index (χ0v) is 17.6. The Morgan fingerprint density at radius 3 is 2.60 bits per heavy atom. The molecule has 1 aromatic heterocycles. The van der Waals surface area contributed by atoms with Crippen LogP contribution in [0.5, 0.6) is 11.5 Å². The van der Waals surface area contributed by atoms with Crippen molar-refractivity contribution in [2.24, 2.45) is 0 Å². The van der Waals surface area contributed by atoms with Crippen LogP contribution in [-0.2, 0) is 0 Å². The lowest BCUT2D eigenvalue weighted by atomic mass is 10.1. The molecule has 30 heavy (non-hydrogen) atoms. The van der Waals surface area contributed by atoms with E-state index in [1.807, 2.05) is 18.2 Å². The van der Waals surface area contributed by atoms with Crippen LogP contribution in [-0.4, -0.2) is 44.9 Å². The van der Waals surface area contributed by atoms with Gasteiger partial charge in [0.15, 0.2) is 11.5 Å². The Bertz CT molecular complexity index is 956. The first kappa shape index (κ1) is 21.2. The van der Waals surface area contributed by atoms with Gasteiger partial charge >= 0.3 is 0 Å². The standard InChI is InChI=1S/C23H27N3O4/c1-4-26(17-9-6-5-7-10-17)14-8-13-24-23(27)20-16-22(30-25-20)19-15-18(28-2)11-12-21(19)29-3/h5-7,9-12,15-16H,4,8,13-14H2,1-3H3,(H,24,27). The lowest BCUT2D eigenvalue weighted by molar-refractivity contribution is 0.0944. The summed E-state index contributed by atoms with van der Waals surface area (Å²) in [5.41, 5.74) is 2.08. The van der Waals surface area contributed by atoms with Crippen LogP contribution in [0.2, 0.25) is 0 Å². The van der Waals surface area contributed by atoms with E-state index in [2.05, 4.69) is 34.4 Å². The lowest BCUT2D eigenvalue weighted by Gasteiger charge is -2.23. The van der Waals surface area contributed by atoms with Crippen LogP contribution in [0.4, 0.5) is 5.69 Å². The Labute approximate surface area is 176 Å². The van der Waals surface area contributed by atoms with Crippen molar-refractivity contribution in [2.75, 3.05) is 38.8 Å². The number of methoxy groups -OCH3 is 2. The number of para-hydroxylation sites is 1. The van der Waals surface area contributed by atoms with Crippen LogP contribution in [0.1, 0.15) is 23.8 Å². The second kappa shape index (κ2) is 10.3. The van der Waals surface area contributed by atoms with Gasteiger partial charge in [-0.3, -0.25) is 4.79 Å². The van der Waals surface area contributed by atoms with Gasteiger partial charge in [0.05, 0.1) is 19.8 Å². The summed E-state index contributed by atoms with van der Waals surface area (Å²) in [6.07, 6.45) is 0.822. The molecule has 3 rings (SSSR count). The number of nitrogens with one attached hydrogen (secondary N) is 1. The smallest absolute Gasteiger partial charge is 0.273 e. The summed E-state index contributed by atoms with van der Waals surface area (Å²) in [5.74, 6) is 1.44. The summed E-state index contributed by atoms with van der Waals surface area (Å²) in [6.45, 7) is 4.43. The minimum atomic E-state index is -0.269. The first-order valence-electron chi connectivity index (χ1n) is 9.93. The third-order valence-corrected chi connectivity index (χ3v) is 4.81. The largest absolute Gasteiger partial charge is 0.497 e. The molecule has 0 spiro atoms. The number of benzene rings is 2.